The van der Waals surface area contributed by atoms with E-state index < -0.39 is 10.2 Å². The molecule has 1 N–H and O–H groups in total. The monoisotopic (exact) mass is 474 g/mol. The van der Waals surface area contributed by atoms with Crippen molar-refractivity contribution in [3.05, 3.63) is 41.6 Å². The molecule has 0 bridgehead atoms. The van der Waals surface area contributed by atoms with Crippen LogP contribution in [0.2, 0.25) is 0 Å². The third-order valence-corrected chi connectivity index (χ3v) is 8.33. The molecule has 0 unspecified atom stereocenters. The van der Waals surface area contributed by atoms with Crippen molar-refractivity contribution >= 4 is 21.9 Å². The summed E-state index contributed by atoms with van der Waals surface area (Å²) >= 11 is 0. The fraction of sp³-hybridized carbons (Fsp3) is 0.565. The van der Waals surface area contributed by atoms with Gasteiger partial charge >= 0.3 is 0 Å². The van der Waals surface area contributed by atoms with Crippen LogP contribution in [-0.2, 0) is 15.0 Å². The van der Waals surface area contributed by atoms with Crippen LogP contribution in [0.25, 0.3) is 5.69 Å². The smallest absolute Gasteiger partial charge is 0.282 e. The second-order valence-electron chi connectivity index (χ2n) is 8.96. The first-order chi connectivity index (χ1) is 15.8. The second kappa shape index (κ2) is 10.3. The minimum absolute atomic E-state index is 0.132. The number of hydrogen-bond donors (Lipinski definition) is 1. The summed E-state index contributed by atoms with van der Waals surface area (Å²) in [5.41, 5.74) is 2.86. The highest BCUT2D eigenvalue weighted by Gasteiger charge is 2.32. The van der Waals surface area contributed by atoms with Crippen molar-refractivity contribution in [3.63, 3.8) is 0 Å². The van der Waals surface area contributed by atoms with Crippen LogP contribution in [0.4, 0.5) is 5.82 Å². The topological polar surface area (TPSA) is 90.8 Å². The normalized spacial score (nSPS) is 19.3. The van der Waals surface area contributed by atoms with Gasteiger partial charge in [0.05, 0.1) is 17.9 Å². The molecule has 0 spiro atoms. The highest BCUT2D eigenvalue weighted by molar-refractivity contribution is 7.86. The van der Waals surface area contributed by atoms with Gasteiger partial charge in [-0.05, 0) is 38.8 Å². The molecule has 3 heterocycles. The van der Waals surface area contributed by atoms with Gasteiger partial charge in [0.15, 0.2) is 0 Å². The first-order valence-electron chi connectivity index (χ1n) is 11.7. The van der Waals surface area contributed by atoms with Gasteiger partial charge in [0.25, 0.3) is 10.2 Å². The predicted molar refractivity (Wildman–Crippen MR) is 129 cm³/mol. The van der Waals surface area contributed by atoms with Gasteiger partial charge in [0.2, 0.25) is 5.91 Å². The summed E-state index contributed by atoms with van der Waals surface area (Å²) in [7, 11) is -3.42. The van der Waals surface area contributed by atoms with Gasteiger partial charge in [0.1, 0.15) is 5.82 Å². The molecule has 2 aliphatic heterocycles. The molecular weight excluding hydrogens is 440 g/mol. The third-order valence-electron chi connectivity index (χ3n) is 6.29. The molecule has 1 aromatic carbocycles. The number of piperazine rings is 1. The number of carbonyl (C=O) groups is 1. The SMILES string of the molecule is Cc1ccc(-n2nc(C)cc2NC(=O)CN2CCN(S(=O)(=O)N3CCCCCC3)CC2)cc1. The largest absolute Gasteiger partial charge is 0.309 e. The van der Waals surface area contributed by atoms with Crippen LogP contribution in [0.3, 0.4) is 0 Å². The molecule has 2 aromatic rings. The number of rotatable bonds is 6. The summed E-state index contributed by atoms with van der Waals surface area (Å²) in [4.78, 5) is 14.8. The number of amides is 1. The lowest BCUT2D eigenvalue weighted by Gasteiger charge is -2.36. The zero-order valence-corrected chi connectivity index (χ0v) is 20.4. The number of aryl methyl sites for hydroxylation is 2. The highest BCUT2D eigenvalue weighted by atomic mass is 32.2. The Morgan fingerprint density at radius 2 is 1.52 bits per heavy atom. The number of carbonyl (C=O) groups excluding carboxylic acids is 1. The summed E-state index contributed by atoms with van der Waals surface area (Å²) in [5, 5.41) is 7.48. The average molecular weight is 475 g/mol. The van der Waals surface area contributed by atoms with Crippen LogP contribution in [0.5, 0.6) is 0 Å². The average Bonchev–Trinajstić information content (AvgIpc) is 2.98. The molecule has 9 nitrogen and oxygen atoms in total. The Morgan fingerprint density at radius 1 is 0.909 bits per heavy atom. The van der Waals surface area contributed by atoms with Crippen LogP contribution in [0, 0.1) is 13.8 Å². The van der Waals surface area contributed by atoms with Gasteiger partial charge in [-0.2, -0.15) is 22.1 Å². The molecule has 0 saturated carbocycles. The summed E-state index contributed by atoms with van der Waals surface area (Å²) in [6.07, 6.45) is 4.05. The minimum Gasteiger partial charge on any atom is -0.309 e. The molecule has 1 amide bonds. The standard InChI is InChI=1S/C23H34N6O3S/c1-19-7-9-21(10-8-19)29-22(17-20(2)25-29)24-23(30)18-26-13-15-28(16-14-26)33(31,32)27-11-5-3-4-6-12-27/h7-10,17H,3-6,11-16,18H2,1-2H3,(H,24,30). The number of aromatic nitrogens is 2. The Kier molecular flexibility index (Phi) is 7.48. The molecule has 1 aromatic heterocycles. The first-order valence-corrected chi connectivity index (χ1v) is 13.1. The number of anilines is 1. The van der Waals surface area contributed by atoms with Crippen LogP contribution >= 0.6 is 0 Å². The van der Waals surface area contributed by atoms with Crippen molar-refractivity contribution in [1.82, 2.24) is 23.3 Å². The van der Waals surface area contributed by atoms with Crippen molar-refractivity contribution in [1.29, 1.82) is 0 Å². The van der Waals surface area contributed by atoms with E-state index in [1.165, 1.54) is 0 Å². The summed E-state index contributed by atoms with van der Waals surface area (Å²) in [6.45, 7) is 7.25. The predicted octanol–water partition coefficient (Wildman–Crippen LogP) is 2.17. The summed E-state index contributed by atoms with van der Waals surface area (Å²) in [5.74, 6) is 0.496. The zero-order chi connectivity index (χ0) is 23.4. The van der Waals surface area contributed by atoms with E-state index >= 15 is 0 Å². The van der Waals surface area contributed by atoms with E-state index in [0.29, 0.717) is 45.1 Å². The van der Waals surface area contributed by atoms with Gasteiger partial charge in [-0.3, -0.25) is 9.69 Å². The molecule has 10 heteroatoms. The zero-order valence-electron chi connectivity index (χ0n) is 19.5. The van der Waals surface area contributed by atoms with E-state index in [0.717, 1.165) is 42.6 Å². The number of nitrogens with one attached hydrogen (secondary N) is 1. The molecule has 33 heavy (non-hydrogen) atoms. The van der Waals surface area contributed by atoms with Crippen LogP contribution in [0.15, 0.2) is 30.3 Å². The second-order valence-corrected chi connectivity index (χ2v) is 10.9. The number of benzene rings is 1. The van der Waals surface area contributed by atoms with Crippen LogP contribution < -0.4 is 5.32 Å². The van der Waals surface area contributed by atoms with Gasteiger partial charge in [-0.15, -0.1) is 0 Å². The minimum atomic E-state index is -3.42. The van der Waals surface area contributed by atoms with Gasteiger partial charge in [0, 0.05) is 45.3 Å². The molecular formula is C23H34N6O3S. The van der Waals surface area contributed by atoms with Crippen molar-refractivity contribution in [2.24, 2.45) is 0 Å². The van der Waals surface area contributed by atoms with E-state index in [4.69, 9.17) is 0 Å². The maximum absolute atomic E-state index is 13.0. The first kappa shape index (κ1) is 23.9. The maximum atomic E-state index is 13.0. The fourth-order valence-corrected chi connectivity index (χ4v) is 6.08. The molecule has 4 rings (SSSR count). The lowest BCUT2D eigenvalue weighted by molar-refractivity contribution is -0.117. The Morgan fingerprint density at radius 3 is 2.15 bits per heavy atom. The van der Waals surface area contributed by atoms with Gasteiger partial charge in [-0.1, -0.05) is 30.5 Å². The van der Waals surface area contributed by atoms with Crippen molar-refractivity contribution < 1.29 is 13.2 Å². The van der Waals surface area contributed by atoms with E-state index in [-0.39, 0.29) is 12.5 Å². The molecule has 180 valence electrons. The molecule has 0 radical (unpaired) electrons. The van der Waals surface area contributed by atoms with E-state index in [2.05, 4.69) is 10.4 Å². The van der Waals surface area contributed by atoms with Gasteiger partial charge < -0.3 is 5.32 Å². The maximum Gasteiger partial charge on any atom is 0.282 e. The Labute approximate surface area is 196 Å². The molecule has 0 aliphatic carbocycles. The Balaban J connectivity index is 1.32. The third kappa shape index (κ3) is 5.81. The molecule has 2 saturated heterocycles. The van der Waals surface area contributed by atoms with Crippen molar-refractivity contribution in [2.45, 2.75) is 39.5 Å². The highest BCUT2D eigenvalue weighted by Crippen LogP contribution is 2.19. The fourth-order valence-electron chi connectivity index (χ4n) is 4.41. The van der Waals surface area contributed by atoms with E-state index in [1.807, 2.05) is 49.1 Å². The lowest BCUT2D eigenvalue weighted by atomic mass is 10.2. The van der Waals surface area contributed by atoms with E-state index in [9.17, 15) is 13.2 Å². The molecule has 2 fully saturated rings. The Bertz CT molecular complexity index is 1050. The molecule has 2 aliphatic rings. The van der Waals surface area contributed by atoms with Gasteiger partial charge in [-0.25, -0.2) is 4.68 Å². The molecule has 0 atom stereocenters. The summed E-state index contributed by atoms with van der Waals surface area (Å²) in [6, 6.07) is 9.82. The summed E-state index contributed by atoms with van der Waals surface area (Å²) < 4.78 is 30.9. The Hall–Kier alpha value is -2.27. The van der Waals surface area contributed by atoms with Crippen molar-refractivity contribution in [3.8, 4) is 5.69 Å². The quantitative estimate of drug-likeness (QED) is 0.693. The van der Waals surface area contributed by atoms with E-state index in [1.54, 1.807) is 13.3 Å². The lowest BCUT2D eigenvalue weighted by Crippen LogP contribution is -2.54. The van der Waals surface area contributed by atoms with Crippen molar-refractivity contribution in [2.75, 3.05) is 51.1 Å². The number of hydrogen-bond acceptors (Lipinski definition) is 5. The van der Waals surface area contributed by atoms with Crippen LogP contribution in [0.1, 0.15) is 36.9 Å². The number of nitrogens with zero attached hydrogens (tertiary/aromatic N) is 5. The van der Waals surface area contributed by atoms with Crippen LogP contribution in [-0.4, -0.2) is 83.4 Å².